The first-order chi connectivity index (χ1) is 10.5. The van der Waals surface area contributed by atoms with Gasteiger partial charge in [0.1, 0.15) is 11.6 Å². The zero-order valence-corrected chi connectivity index (χ0v) is 12.2. The Kier molecular flexibility index (Phi) is 3.83. The van der Waals surface area contributed by atoms with Crippen molar-refractivity contribution in [1.82, 2.24) is 0 Å². The molecule has 0 saturated carbocycles. The van der Waals surface area contributed by atoms with Crippen LogP contribution < -0.4 is 0 Å². The highest BCUT2D eigenvalue weighted by molar-refractivity contribution is 6.34. The van der Waals surface area contributed by atoms with Gasteiger partial charge in [0.25, 0.3) is 0 Å². The van der Waals surface area contributed by atoms with Crippen molar-refractivity contribution in [2.45, 2.75) is 12.1 Å². The van der Waals surface area contributed by atoms with Gasteiger partial charge in [0.05, 0.1) is 5.03 Å². The molecule has 0 spiro atoms. The van der Waals surface area contributed by atoms with Crippen LogP contribution in [0.3, 0.4) is 0 Å². The Morgan fingerprint density at radius 3 is 2.23 bits per heavy atom. The van der Waals surface area contributed by atoms with Crippen LogP contribution in [0.4, 0.5) is 13.2 Å². The van der Waals surface area contributed by atoms with Crippen LogP contribution in [0.15, 0.2) is 65.7 Å². The number of hydrogen-bond donors (Lipinski definition) is 0. The zero-order chi connectivity index (χ0) is 15.7. The molecule has 22 heavy (non-hydrogen) atoms. The van der Waals surface area contributed by atoms with Gasteiger partial charge in [-0.1, -0.05) is 60.2 Å². The molecular weight excluding hydrogens is 309 g/mol. The van der Waals surface area contributed by atoms with Crippen LogP contribution in [0.2, 0.25) is 0 Å². The zero-order valence-electron chi connectivity index (χ0n) is 11.5. The van der Waals surface area contributed by atoms with Gasteiger partial charge in [0.15, 0.2) is 5.67 Å². The molecule has 112 valence electrons. The number of alkyl halides is 1. The first-order valence-electron chi connectivity index (χ1n) is 6.79. The number of allylic oxidation sites excluding steroid dienone is 4. The van der Waals surface area contributed by atoms with E-state index in [1.54, 1.807) is 30.4 Å². The summed E-state index contributed by atoms with van der Waals surface area (Å²) in [5.41, 5.74) is -1.91. The second kappa shape index (κ2) is 5.65. The molecule has 1 aliphatic rings. The molecule has 0 nitrogen and oxygen atoms in total. The van der Waals surface area contributed by atoms with Crippen molar-refractivity contribution in [3.05, 3.63) is 88.5 Å². The van der Waals surface area contributed by atoms with Gasteiger partial charge in [-0.2, -0.15) is 0 Å². The van der Waals surface area contributed by atoms with Crippen LogP contribution >= 0.6 is 11.6 Å². The highest BCUT2D eigenvalue weighted by Crippen LogP contribution is 2.47. The van der Waals surface area contributed by atoms with Crippen LogP contribution in [0.25, 0.3) is 5.57 Å². The predicted molar refractivity (Wildman–Crippen MR) is 82.1 cm³/mol. The second-order valence-corrected chi connectivity index (χ2v) is 5.47. The summed E-state index contributed by atoms with van der Waals surface area (Å²) in [5.74, 6) is -1.18. The summed E-state index contributed by atoms with van der Waals surface area (Å²) >= 11 is 6.22. The lowest BCUT2D eigenvalue weighted by Crippen LogP contribution is -2.24. The highest BCUT2D eigenvalue weighted by atomic mass is 35.5. The maximum Gasteiger partial charge on any atom is 0.178 e. The van der Waals surface area contributed by atoms with Gasteiger partial charge in [0.2, 0.25) is 0 Å². The first kappa shape index (κ1) is 14.9. The van der Waals surface area contributed by atoms with Crippen molar-refractivity contribution in [3.8, 4) is 0 Å². The first-order valence-corrected chi connectivity index (χ1v) is 7.17. The molecular formula is C18H12ClF3. The van der Waals surface area contributed by atoms with Crippen LogP contribution in [-0.2, 0) is 5.67 Å². The standard InChI is InChI=1S/C18H12ClF3/c19-17-13(12-6-1-3-9-15(12)20)7-5-11-18(17,22)14-8-2-4-10-16(14)21/h1-10H,11H2. The molecule has 0 heterocycles. The average molecular weight is 321 g/mol. The maximum absolute atomic E-state index is 15.4. The van der Waals surface area contributed by atoms with Crippen molar-refractivity contribution in [2.24, 2.45) is 0 Å². The quantitative estimate of drug-likeness (QED) is 0.662. The third kappa shape index (κ3) is 2.35. The molecule has 0 radical (unpaired) electrons. The van der Waals surface area contributed by atoms with E-state index in [1.807, 2.05) is 0 Å². The Balaban J connectivity index is 2.19. The third-order valence-electron chi connectivity index (χ3n) is 3.73. The molecule has 3 rings (SSSR count). The predicted octanol–water partition coefficient (Wildman–Crippen LogP) is 5.74. The summed E-state index contributed by atoms with van der Waals surface area (Å²) in [5, 5.41) is -0.204. The fourth-order valence-electron chi connectivity index (χ4n) is 2.61. The molecule has 0 N–H and O–H groups in total. The smallest absolute Gasteiger partial charge is 0.178 e. The largest absolute Gasteiger partial charge is 0.232 e. The maximum atomic E-state index is 15.4. The molecule has 1 aliphatic carbocycles. The SMILES string of the molecule is Fc1ccccc1C1=C(Cl)C(F)(c2ccccc2F)CC=C1. The number of halogens is 4. The van der Waals surface area contributed by atoms with E-state index in [9.17, 15) is 8.78 Å². The molecule has 2 aromatic carbocycles. The molecule has 0 saturated heterocycles. The second-order valence-electron chi connectivity index (χ2n) is 5.10. The third-order valence-corrected chi connectivity index (χ3v) is 4.24. The molecule has 1 atom stereocenters. The van der Waals surface area contributed by atoms with E-state index in [4.69, 9.17) is 11.6 Å². The highest BCUT2D eigenvalue weighted by Gasteiger charge is 2.40. The van der Waals surface area contributed by atoms with Gasteiger partial charge in [-0.25, -0.2) is 13.2 Å². The lowest BCUT2D eigenvalue weighted by molar-refractivity contribution is 0.222. The normalized spacial score (nSPS) is 21.3. The monoisotopic (exact) mass is 320 g/mol. The fraction of sp³-hybridized carbons (Fsp3) is 0.111. The van der Waals surface area contributed by atoms with E-state index in [-0.39, 0.29) is 28.2 Å². The molecule has 0 bridgehead atoms. The Morgan fingerprint density at radius 1 is 0.909 bits per heavy atom. The molecule has 0 amide bonds. The number of benzene rings is 2. The van der Waals surface area contributed by atoms with Crippen molar-refractivity contribution in [2.75, 3.05) is 0 Å². The van der Waals surface area contributed by atoms with Crippen LogP contribution in [0, 0.1) is 11.6 Å². The molecule has 1 unspecified atom stereocenters. The van der Waals surface area contributed by atoms with Crippen LogP contribution in [-0.4, -0.2) is 0 Å². The van der Waals surface area contributed by atoms with Crippen molar-refractivity contribution in [1.29, 1.82) is 0 Å². The van der Waals surface area contributed by atoms with Crippen molar-refractivity contribution < 1.29 is 13.2 Å². The molecule has 2 aromatic rings. The van der Waals surface area contributed by atoms with Gasteiger partial charge in [0, 0.05) is 23.1 Å². The van der Waals surface area contributed by atoms with E-state index in [2.05, 4.69) is 0 Å². The minimum Gasteiger partial charge on any atom is -0.232 e. The summed E-state index contributed by atoms with van der Waals surface area (Å²) in [4.78, 5) is 0. The Bertz CT molecular complexity index is 779. The lowest BCUT2D eigenvalue weighted by Gasteiger charge is -2.29. The summed E-state index contributed by atoms with van der Waals surface area (Å²) < 4.78 is 43.4. The minimum atomic E-state index is -2.20. The van der Waals surface area contributed by atoms with Gasteiger partial charge in [-0.05, 0) is 12.1 Å². The summed E-state index contributed by atoms with van der Waals surface area (Å²) in [6.45, 7) is 0. The average Bonchev–Trinajstić information content (AvgIpc) is 2.51. The van der Waals surface area contributed by atoms with Gasteiger partial charge in [-0.3, -0.25) is 0 Å². The number of hydrogen-bond acceptors (Lipinski definition) is 0. The van der Waals surface area contributed by atoms with Crippen molar-refractivity contribution in [3.63, 3.8) is 0 Å². The van der Waals surface area contributed by atoms with Gasteiger partial charge in [-0.15, -0.1) is 0 Å². The minimum absolute atomic E-state index is 0.0925. The summed E-state index contributed by atoms with van der Waals surface area (Å²) in [6.07, 6.45) is 3.02. The Labute approximate surface area is 131 Å². The van der Waals surface area contributed by atoms with E-state index >= 15 is 4.39 Å². The Morgan fingerprint density at radius 2 is 1.55 bits per heavy atom. The van der Waals surface area contributed by atoms with E-state index in [1.165, 1.54) is 30.3 Å². The lowest BCUT2D eigenvalue weighted by atomic mass is 9.84. The van der Waals surface area contributed by atoms with E-state index in [0.717, 1.165) is 0 Å². The van der Waals surface area contributed by atoms with E-state index in [0.29, 0.717) is 0 Å². The summed E-state index contributed by atoms with van der Waals surface area (Å²) in [7, 11) is 0. The van der Waals surface area contributed by atoms with Gasteiger partial charge >= 0.3 is 0 Å². The Hall–Kier alpha value is -2.00. The molecule has 0 aromatic heterocycles. The number of rotatable bonds is 2. The van der Waals surface area contributed by atoms with E-state index < -0.39 is 17.3 Å². The van der Waals surface area contributed by atoms with Crippen LogP contribution in [0.1, 0.15) is 17.5 Å². The summed E-state index contributed by atoms with van der Waals surface area (Å²) in [6, 6.07) is 11.5. The topological polar surface area (TPSA) is 0 Å². The molecule has 4 heteroatoms. The molecule has 0 aliphatic heterocycles. The van der Waals surface area contributed by atoms with Crippen LogP contribution in [0.5, 0.6) is 0 Å². The van der Waals surface area contributed by atoms with Gasteiger partial charge < -0.3 is 0 Å². The van der Waals surface area contributed by atoms with Crippen molar-refractivity contribution >= 4 is 17.2 Å². The fourth-order valence-corrected chi connectivity index (χ4v) is 2.96. The molecule has 0 fully saturated rings.